The molecule has 3 saturated carbocycles. The predicted octanol–water partition coefficient (Wildman–Crippen LogP) is 6.15. The molecule has 5 aliphatic rings. The number of carboxylic acid groups (broad SMARTS) is 1. The Labute approximate surface area is 364 Å². The summed E-state index contributed by atoms with van der Waals surface area (Å²) >= 11 is 0. The molecule has 2 saturated heterocycles. The molecule has 2 N–H and O–H groups in total. The minimum Gasteiger partial charge on any atom is -0.492 e. The molecular weight excluding hydrogens is 793 g/mol. The van der Waals surface area contributed by atoms with Crippen LogP contribution < -0.4 is 14.8 Å². The van der Waals surface area contributed by atoms with Crippen LogP contribution in [-0.4, -0.2) is 124 Å². The number of anilines is 1. The Morgan fingerprint density at radius 2 is 1.77 bits per heavy atom. The van der Waals surface area contributed by atoms with Crippen molar-refractivity contribution < 1.29 is 43.2 Å². The zero-order valence-electron chi connectivity index (χ0n) is 37.1. The highest BCUT2D eigenvalue weighted by molar-refractivity contribution is 5.95. The topological polar surface area (TPSA) is 175 Å². The van der Waals surface area contributed by atoms with E-state index in [1.54, 1.807) is 9.58 Å². The lowest BCUT2D eigenvalue weighted by Gasteiger charge is -2.35. The average Bonchev–Trinajstić information content (AvgIpc) is 3.89. The van der Waals surface area contributed by atoms with E-state index < -0.39 is 40.8 Å². The molecule has 0 radical (unpaired) electrons. The Balaban J connectivity index is 1.07. The first kappa shape index (κ1) is 43.9. The Morgan fingerprint density at radius 1 is 1.02 bits per heavy atom. The van der Waals surface area contributed by atoms with Crippen molar-refractivity contribution in [2.45, 2.75) is 117 Å². The number of aliphatic carboxylic acids is 1. The number of benzene rings is 1. The second kappa shape index (κ2) is 17.8. The van der Waals surface area contributed by atoms with Crippen molar-refractivity contribution in [1.82, 2.24) is 24.6 Å². The van der Waals surface area contributed by atoms with Crippen LogP contribution in [0.3, 0.4) is 0 Å². The molecule has 0 spiro atoms. The molecule has 15 nitrogen and oxygen atoms in total. The molecule has 3 aliphatic carbocycles. The van der Waals surface area contributed by atoms with Crippen LogP contribution in [0, 0.1) is 34.5 Å². The summed E-state index contributed by atoms with van der Waals surface area (Å²) in [5, 5.41) is 19.1. The molecule has 8 rings (SSSR count). The molecule has 2 aromatic heterocycles. The molecule has 0 bridgehead atoms. The van der Waals surface area contributed by atoms with E-state index in [2.05, 4.69) is 10.2 Å². The normalized spacial score (nSPS) is 27.5. The third-order valence-corrected chi connectivity index (χ3v) is 13.8. The van der Waals surface area contributed by atoms with Crippen LogP contribution in [0.2, 0.25) is 0 Å². The molecule has 2 unspecified atom stereocenters. The highest BCUT2D eigenvalue weighted by Crippen LogP contribution is 2.58. The van der Waals surface area contributed by atoms with Crippen LogP contribution in [0.1, 0.15) is 92.9 Å². The van der Waals surface area contributed by atoms with Gasteiger partial charge in [-0.3, -0.25) is 24.1 Å². The first-order valence-corrected chi connectivity index (χ1v) is 22.7. The summed E-state index contributed by atoms with van der Waals surface area (Å²) in [4.78, 5) is 64.2. The highest BCUT2D eigenvalue weighted by atomic mass is 16.5. The number of rotatable bonds is 18. The molecule has 5 fully saturated rings. The molecule has 8 atom stereocenters. The molecule has 3 aromatic rings. The lowest BCUT2D eigenvalue weighted by molar-refractivity contribution is -0.157. The molecular formula is C47H64N6O9. The van der Waals surface area contributed by atoms with Gasteiger partial charge in [0.2, 0.25) is 5.91 Å². The number of fused-ring (bicyclic) bond motifs is 2. The number of nitrogens with zero attached hydrogens (tertiary/aromatic N) is 5. The summed E-state index contributed by atoms with van der Waals surface area (Å²) in [5.41, 5.74) is -1.17. The van der Waals surface area contributed by atoms with Gasteiger partial charge in [0, 0.05) is 68.3 Å². The van der Waals surface area contributed by atoms with E-state index in [1.165, 1.54) is 6.42 Å². The highest BCUT2D eigenvalue weighted by Gasteiger charge is 2.61. The number of carbonyl (C=O) groups excluding carboxylic acids is 3. The van der Waals surface area contributed by atoms with E-state index in [-0.39, 0.29) is 55.6 Å². The lowest BCUT2D eigenvalue weighted by Crippen LogP contribution is -2.48. The number of hydrogen-bond donors (Lipinski definition) is 2. The van der Waals surface area contributed by atoms with Crippen LogP contribution >= 0.6 is 0 Å². The van der Waals surface area contributed by atoms with Crippen molar-refractivity contribution in [3.8, 4) is 17.3 Å². The number of aromatic nitrogens is 3. The molecule has 1 amide bonds. The number of ether oxygens (including phenoxy) is 4. The van der Waals surface area contributed by atoms with Crippen molar-refractivity contribution in [1.29, 1.82) is 0 Å². The van der Waals surface area contributed by atoms with E-state index in [4.69, 9.17) is 29.0 Å². The zero-order chi connectivity index (χ0) is 43.9. The Kier molecular flexibility index (Phi) is 12.6. The van der Waals surface area contributed by atoms with Crippen LogP contribution in [-0.2, 0) is 28.7 Å². The number of pyridine rings is 1. The van der Waals surface area contributed by atoms with E-state index >= 15 is 0 Å². The third kappa shape index (κ3) is 9.73. The molecule has 4 heterocycles. The zero-order valence-corrected chi connectivity index (χ0v) is 37.1. The van der Waals surface area contributed by atoms with Gasteiger partial charge in [0.05, 0.1) is 49.1 Å². The Hall–Kier alpha value is -4.76. The van der Waals surface area contributed by atoms with Gasteiger partial charge in [-0.05, 0) is 74.8 Å². The van der Waals surface area contributed by atoms with Gasteiger partial charge in [0.15, 0.2) is 11.6 Å². The summed E-state index contributed by atoms with van der Waals surface area (Å²) in [7, 11) is 0. The van der Waals surface area contributed by atoms with Crippen molar-refractivity contribution in [3.63, 3.8) is 0 Å². The fourth-order valence-electron chi connectivity index (χ4n) is 10.0. The summed E-state index contributed by atoms with van der Waals surface area (Å²) in [5.74, 6) is 0.720. The van der Waals surface area contributed by atoms with Crippen LogP contribution in [0.15, 0.2) is 36.5 Å². The van der Waals surface area contributed by atoms with Gasteiger partial charge in [-0.15, -0.1) is 5.10 Å². The Bertz CT molecular complexity index is 2130. The van der Waals surface area contributed by atoms with Gasteiger partial charge in [-0.1, -0.05) is 34.1 Å². The number of ketones is 1. The third-order valence-electron chi connectivity index (χ3n) is 13.8. The lowest BCUT2D eigenvalue weighted by atomic mass is 9.77. The van der Waals surface area contributed by atoms with Gasteiger partial charge in [-0.2, -0.15) is 0 Å². The van der Waals surface area contributed by atoms with E-state index in [0.717, 1.165) is 32.5 Å². The number of Topliss-reactive ketones (excluding diaryl/α,β-unsaturated/α-hetero) is 1. The predicted molar refractivity (Wildman–Crippen MR) is 231 cm³/mol. The first-order valence-electron chi connectivity index (χ1n) is 22.7. The number of amides is 1. The number of nitrogens with one attached hydrogen (secondary N) is 1. The quantitative estimate of drug-likeness (QED) is 0.140. The smallest absolute Gasteiger partial charge is 0.310 e. The van der Waals surface area contributed by atoms with Crippen molar-refractivity contribution in [3.05, 3.63) is 36.5 Å². The van der Waals surface area contributed by atoms with Gasteiger partial charge in [0.1, 0.15) is 36.1 Å². The summed E-state index contributed by atoms with van der Waals surface area (Å²) < 4.78 is 26.1. The standard InChI is InChI=1S/C47H64N6O9/c1-7-31-25-47(31,45(57)58)26-39(54)38-22-34(27-52(38)44(56)36(46(4,5)6)23-43(55)62-33-19-29-18-30(29)20-33)61-40-24-42(53-11-10-41(50-53)48-28(2)3)49-37-21-32(8-9-35(37)40)60-17-14-51-12-15-59-16-13-51/h8-11,21,24,28-31,33-34,36,38H,7,12-20,22-23,25-27H2,1-6H3,(H,48,50)(H,57,58)/t29-,30?,31+,33?,34+,36+,38-,47+/m0/s1. The molecule has 336 valence electrons. The maximum absolute atomic E-state index is 14.9. The molecule has 15 heteroatoms. The van der Waals surface area contributed by atoms with Crippen molar-refractivity contribution in [2.24, 2.45) is 34.5 Å². The summed E-state index contributed by atoms with van der Waals surface area (Å²) in [6.07, 6.45) is 4.99. The second-order valence-corrected chi connectivity index (χ2v) is 19.8. The van der Waals surface area contributed by atoms with E-state index in [9.17, 15) is 24.3 Å². The minimum absolute atomic E-state index is 0.0756. The maximum Gasteiger partial charge on any atom is 0.310 e. The van der Waals surface area contributed by atoms with Crippen molar-refractivity contribution in [2.75, 3.05) is 51.3 Å². The first-order chi connectivity index (χ1) is 29.6. The number of carboxylic acids is 1. The summed E-state index contributed by atoms with van der Waals surface area (Å²) in [6, 6.07) is 8.60. The van der Waals surface area contributed by atoms with Crippen LogP contribution in [0.4, 0.5) is 5.82 Å². The largest absolute Gasteiger partial charge is 0.492 e. The van der Waals surface area contributed by atoms with Crippen LogP contribution in [0.25, 0.3) is 16.7 Å². The second-order valence-electron chi connectivity index (χ2n) is 19.8. The fraction of sp³-hybridized carbons (Fsp3) is 0.660. The van der Waals surface area contributed by atoms with Crippen LogP contribution in [0.5, 0.6) is 11.5 Å². The summed E-state index contributed by atoms with van der Waals surface area (Å²) in [6.45, 7) is 16.3. The maximum atomic E-state index is 14.9. The van der Waals surface area contributed by atoms with E-state index in [0.29, 0.717) is 78.5 Å². The minimum atomic E-state index is -1.14. The SMILES string of the molecule is CC[C@@H]1C[C@]1(CC(=O)[C@@H]1C[C@@H](Oc2cc(-n3ccc(NC(C)C)n3)nc3cc(OCCN4CCOCC4)ccc23)CN1C(=O)[C@@H](CC(=O)OC1CC2C[C@H]2C1)C(C)(C)C)C(=O)O. The number of carbonyl (C=O) groups is 4. The Morgan fingerprint density at radius 3 is 2.45 bits per heavy atom. The van der Waals surface area contributed by atoms with E-state index in [1.807, 2.05) is 78.1 Å². The number of esters is 1. The monoisotopic (exact) mass is 856 g/mol. The number of hydrogen-bond acceptors (Lipinski definition) is 12. The average molecular weight is 857 g/mol. The van der Waals surface area contributed by atoms with Crippen molar-refractivity contribution >= 4 is 40.3 Å². The molecule has 2 aliphatic heterocycles. The van der Waals surface area contributed by atoms with Gasteiger partial charge in [0.25, 0.3) is 0 Å². The molecule has 1 aromatic carbocycles. The number of likely N-dealkylation sites (tertiary alicyclic amines) is 1. The number of morpholine rings is 1. The van der Waals surface area contributed by atoms with Gasteiger partial charge >= 0.3 is 11.9 Å². The van der Waals surface area contributed by atoms with Gasteiger partial charge in [-0.25, -0.2) is 9.67 Å². The fourth-order valence-corrected chi connectivity index (χ4v) is 10.0. The van der Waals surface area contributed by atoms with Gasteiger partial charge < -0.3 is 34.3 Å². The molecule has 62 heavy (non-hydrogen) atoms.